The van der Waals surface area contributed by atoms with E-state index in [1.165, 1.54) is 24.8 Å². The van der Waals surface area contributed by atoms with Gasteiger partial charge in [-0.05, 0) is 61.0 Å². The van der Waals surface area contributed by atoms with Gasteiger partial charge in [-0.1, -0.05) is 6.07 Å². The number of likely N-dealkylation sites (tertiary alicyclic amines) is 1. The maximum Gasteiger partial charge on any atom is 0.222 e. The smallest absolute Gasteiger partial charge is 0.222 e. The minimum atomic E-state index is 0.350. The molecule has 1 aliphatic heterocycles. The van der Waals surface area contributed by atoms with Crippen LogP contribution in [0.15, 0.2) is 24.5 Å². The Labute approximate surface area is 120 Å². The predicted molar refractivity (Wildman–Crippen MR) is 76.9 cm³/mol. The lowest BCUT2D eigenvalue weighted by Gasteiger charge is -2.22. The highest BCUT2D eigenvalue weighted by atomic mass is 16.2. The number of hydrogen-bond acceptors (Lipinski definition) is 2. The molecule has 2 aliphatic carbocycles. The van der Waals surface area contributed by atoms with Gasteiger partial charge in [0.2, 0.25) is 5.91 Å². The molecular weight excluding hydrogens is 248 g/mol. The maximum absolute atomic E-state index is 12.4. The summed E-state index contributed by atoms with van der Waals surface area (Å²) in [6.07, 6.45) is 9.40. The Bertz CT molecular complexity index is 483. The summed E-state index contributed by atoms with van der Waals surface area (Å²) in [5.74, 6) is 3.87. The Morgan fingerprint density at radius 2 is 2.00 bits per heavy atom. The highest BCUT2D eigenvalue weighted by Gasteiger charge is 2.52. The molecule has 0 radical (unpaired) electrons. The van der Waals surface area contributed by atoms with Crippen LogP contribution in [-0.4, -0.2) is 28.9 Å². The third-order valence-corrected chi connectivity index (χ3v) is 5.84. The number of aryl methyl sites for hydroxylation is 1. The molecule has 0 aromatic carbocycles. The van der Waals surface area contributed by atoms with Crippen molar-refractivity contribution >= 4 is 5.91 Å². The summed E-state index contributed by atoms with van der Waals surface area (Å²) in [5, 5.41) is 0. The monoisotopic (exact) mass is 270 g/mol. The van der Waals surface area contributed by atoms with Crippen molar-refractivity contribution in [1.82, 2.24) is 9.88 Å². The van der Waals surface area contributed by atoms with Gasteiger partial charge in [-0.3, -0.25) is 9.78 Å². The van der Waals surface area contributed by atoms with Gasteiger partial charge in [0.1, 0.15) is 0 Å². The zero-order valence-corrected chi connectivity index (χ0v) is 11.9. The van der Waals surface area contributed by atoms with E-state index >= 15 is 0 Å². The molecule has 3 fully saturated rings. The van der Waals surface area contributed by atoms with E-state index in [9.17, 15) is 4.79 Å². The largest absolute Gasteiger partial charge is 0.342 e. The zero-order chi connectivity index (χ0) is 13.5. The lowest BCUT2D eigenvalue weighted by molar-refractivity contribution is -0.130. The lowest BCUT2D eigenvalue weighted by atomic mass is 9.82. The number of aromatic nitrogens is 1. The van der Waals surface area contributed by atoms with Crippen LogP contribution in [0.5, 0.6) is 0 Å². The van der Waals surface area contributed by atoms with Gasteiger partial charge in [-0.25, -0.2) is 0 Å². The summed E-state index contributed by atoms with van der Waals surface area (Å²) in [6, 6.07) is 4.00. The zero-order valence-electron chi connectivity index (χ0n) is 11.9. The number of fused-ring (bicyclic) bond motifs is 5. The van der Waals surface area contributed by atoms with Crippen molar-refractivity contribution in [3.63, 3.8) is 0 Å². The van der Waals surface area contributed by atoms with Gasteiger partial charge in [0.15, 0.2) is 0 Å². The van der Waals surface area contributed by atoms with Crippen molar-refractivity contribution in [3.8, 4) is 0 Å². The van der Waals surface area contributed by atoms with E-state index < -0.39 is 0 Å². The summed E-state index contributed by atoms with van der Waals surface area (Å²) in [6.45, 7) is 2.08. The molecule has 3 aliphatic rings. The predicted octanol–water partition coefficient (Wildman–Crippen LogP) is 2.52. The molecule has 20 heavy (non-hydrogen) atoms. The van der Waals surface area contributed by atoms with Crippen LogP contribution in [-0.2, 0) is 11.2 Å². The van der Waals surface area contributed by atoms with E-state index in [0.29, 0.717) is 12.3 Å². The molecule has 4 rings (SSSR count). The average molecular weight is 270 g/mol. The lowest BCUT2D eigenvalue weighted by Crippen LogP contribution is -2.30. The average Bonchev–Trinajstić information content (AvgIpc) is 3.17. The van der Waals surface area contributed by atoms with Crippen molar-refractivity contribution in [1.29, 1.82) is 0 Å². The molecular formula is C17H22N2O. The van der Waals surface area contributed by atoms with E-state index in [4.69, 9.17) is 0 Å². The van der Waals surface area contributed by atoms with Crippen molar-refractivity contribution in [3.05, 3.63) is 30.1 Å². The molecule has 0 N–H and O–H groups in total. The molecule has 4 atom stereocenters. The number of pyridine rings is 1. The Morgan fingerprint density at radius 1 is 1.25 bits per heavy atom. The first-order chi connectivity index (χ1) is 9.81. The van der Waals surface area contributed by atoms with E-state index in [1.807, 2.05) is 12.3 Å². The first kappa shape index (κ1) is 12.4. The van der Waals surface area contributed by atoms with Gasteiger partial charge >= 0.3 is 0 Å². The number of carbonyl (C=O) groups excluding carboxylic acids is 1. The molecule has 106 valence electrons. The molecule has 1 saturated heterocycles. The van der Waals surface area contributed by atoms with E-state index in [-0.39, 0.29) is 0 Å². The Morgan fingerprint density at radius 3 is 2.65 bits per heavy atom. The fourth-order valence-electron chi connectivity index (χ4n) is 4.84. The Hall–Kier alpha value is -1.38. The van der Waals surface area contributed by atoms with Gasteiger partial charge in [-0.15, -0.1) is 0 Å². The molecule has 0 spiro atoms. The number of hydrogen-bond donors (Lipinski definition) is 0. The van der Waals surface area contributed by atoms with Crippen LogP contribution in [0, 0.1) is 23.7 Å². The number of rotatable bonds is 3. The van der Waals surface area contributed by atoms with Crippen LogP contribution in [0.1, 0.15) is 31.2 Å². The second-order valence-corrected chi connectivity index (χ2v) is 6.82. The van der Waals surface area contributed by atoms with Crippen LogP contribution in [0.4, 0.5) is 0 Å². The third-order valence-electron chi connectivity index (χ3n) is 5.84. The van der Waals surface area contributed by atoms with Crippen LogP contribution >= 0.6 is 0 Å². The summed E-state index contributed by atoms with van der Waals surface area (Å²) in [5.41, 5.74) is 1.17. The topological polar surface area (TPSA) is 33.2 Å². The Balaban J connectivity index is 1.34. The van der Waals surface area contributed by atoms with Gasteiger partial charge in [0.25, 0.3) is 0 Å². The molecule has 2 saturated carbocycles. The van der Waals surface area contributed by atoms with Gasteiger partial charge in [0.05, 0.1) is 0 Å². The van der Waals surface area contributed by atoms with E-state index in [2.05, 4.69) is 16.0 Å². The summed E-state index contributed by atoms with van der Waals surface area (Å²) in [7, 11) is 0. The first-order valence-corrected chi connectivity index (χ1v) is 7.98. The molecule has 1 aromatic rings. The fraction of sp³-hybridized carbons (Fsp3) is 0.647. The van der Waals surface area contributed by atoms with Crippen molar-refractivity contribution in [2.24, 2.45) is 23.7 Å². The third kappa shape index (κ3) is 2.04. The van der Waals surface area contributed by atoms with Crippen LogP contribution in [0.3, 0.4) is 0 Å². The number of amides is 1. The quantitative estimate of drug-likeness (QED) is 0.845. The highest BCUT2D eigenvalue weighted by molar-refractivity contribution is 5.76. The SMILES string of the molecule is O=C(CCc1cccnc1)N1C[C@@H]2[C@@H]3CC[C@@H](C3)[C@@H]2C1. The second-order valence-electron chi connectivity index (χ2n) is 6.82. The summed E-state index contributed by atoms with van der Waals surface area (Å²) >= 11 is 0. The molecule has 1 amide bonds. The van der Waals surface area contributed by atoms with E-state index in [0.717, 1.165) is 43.2 Å². The Kier molecular flexibility index (Phi) is 3.01. The molecule has 2 bridgehead atoms. The summed E-state index contributed by atoms with van der Waals surface area (Å²) in [4.78, 5) is 18.6. The highest BCUT2D eigenvalue weighted by Crippen LogP contribution is 2.55. The van der Waals surface area contributed by atoms with Crippen LogP contribution < -0.4 is 0 Å². The minimum absolute atomic E-state index is 0.350. The molecule has 1 aromatic heterocycles. The van der Waals surface area contributed by atoms with Gasteiger partial charge in [0, 0.05) is 31.9 Å². The summed E-state index contributed by atoms with van der Waals surface area (Å²) < 4.78 is 0. The minimum Gasteiger partial charge on any atom is -0.342 e. The normalized spacial score (nSPS) is 34.5. The van der Waals surface area contributed by atoms with Crippen molar-refractivity contribution in [2.45, 2.75) is 32.1 Å². The standard InChI is InChI=1S/C17H22N2O/c20-17(6-3-12-2-1-7-18-9-12)19-10-15-13-4-5-14(8-13)16(15)11-19/h1-2,7,9,13-16H,3-6,8,10-11H2/t13-,14+,15-,16+. The van der Waals surface area contributed by atoms with Crippen LogP contribution in [0.25, 0.3) is 0 Å². The second kappa shape index (κ2) is 4.87. The first-order valence-electron chi connectivity index (χ1n) is 7.98. The molecule has 0 unspecified atom stereocenters. The fourth-order valence-corrected chi connectivity index (χ4v) is 4.84. The number of nitrogens with zero attached hydrogens (tertiary/aromatic N) is 2. The maximum atomic E-state index is 12.4. The van der Waals surface area contributed by atoms with Gasteiger partial charge in [-0.2, -0.15) is 0 Å². The molecule has 2 heterocycles. The molecule has 3 heteroatoms. The van der Waals surface area contributed by atoms with E-state index in [1.54, 1.807) is 6.20 Å². The van der Waals surface area contributed by atoms with Crippen molar-refractivity contribution in [2.75, 3.05) is 13.1 Å². The van der Waals surface area contributed by atoms with Crippen LogP contribution in [0.2, 0.25) is 0 Å². The van der Waals surface area contributed by atoms with Crippen molar-refractivity contribution < 1.29 is 4.79 Å². The molecule has 3 nitrogen and oxygen atoms in total. The number of carbonyl (C=O) groups is 1. The van der Waals surface area contributed by atoms with Gasteiger partial charge < -0.3 is 4.90 Å².